The Kier molecular flexibility index (Phi) is 35.5. The molecule has 0 aromatic rings. The van der Waals surface area contributed by atoms with Crippen LogP contribution in [0.15, 0.2) is 12.2 Å². The smallest absolute Gasteiger partial charge is 0.462 e. The number of carbonyl (C=O) groups is 2. The summed E-state index contributed by atoms with van der Waals surface area (Å²) in [5.74, 6) is -0.795. The summed E-state index contributed by atoms with van der Waals surface area (Å²) in [6.07, 6.45) is 36.9. The Morgan fingerprint density at radius 2 is 0.962 bits per heavy atom. The number of hydrogen-bond acceptors (Lipinski definition) is 7. The van der Waals surface area contributed by atoms with Crippen LogP contribution in [0.25, 0.3) is 0 Å². The van der Waals surface area contributed by atoms with E-state index in [1.165, 1.54) is 135 Å². The molecular formula is C43H85NO8P+. The maximum absolute atomic E-state index is 12.6. The van der Waals surface area contributed by atoms with Crippen molar-refractivity contribution in [3.05, 3.63) is 12.2 Å². The summed E-state index contributed by atoms with van der Waals surface area (Å²) in [6, 6.07) is 0. The van der Waals surface area contributed by atoms with Crippen molar-refractivity contribution in [2.45, 2.75) is 206 Å². The summed E-state index contributed by atoms with van der Waals surface area (Å²) in [4.78, 5) is 35.3. The molecule has 0 amide bonds. The third-order valence-corrected chi connectivity index (χ3v) is 10.5. The van der Waals surface area contributed by atoms with Crippen molar-refractivity contribution >= 4 is 19.8 Å². The number of quaternary nitrogens is 1. The van der Waals surface area contributed by atoms with Gasteiger partial charge in [0.15, 0.2) is 6.10 Å². The molecule has 1 N–H and O–H groups in total. The quantitative estimate of drug-likeness (QED) is 0.0215. The Labute approximate surface area is 326 Å². The van der Waals surface area contributed by atoms with E-state index in [-0.39, 0.29) is 25.6 Å². The molecule has 10 heteroatoms. The van der Waals surface area contributed by atoms with E-state index in [1.807, 2.05) is 21.1 Å². The number of carbonyl (C=O) groups excluding carboxylic acids is 2. The zero-order valence-electron chi connectivity index (χ0n) is 35.3. The van der Waals surface area contributed by atoms with Crippen molar-refractivity contribution in [3.8, 4) is 0 Å². The van der Waals surface area contributed by atoms with Crippen molar-refractivity contribution in [2.75, 3.05) is 47.5 Å². The maximum Gasteiger partial charge on any atom is 0.472 e. The highest BCUT2D eigenvalue weighted by Crippen LogP contribution is 2.43. The van der Waals surface area contributed by atoms with Crippen LogP contribution in [0.2, 0.25) is 0 Å². The number of ether oxygens (including phenoxy) is 2. The molecule has 9 nitrogen and oxygen atoms in total. The molecule has 1 unspecified atom stereocenters. The molecule has 53 heavy (non-hydrogen) atoms. The van der Waals surface area contributed by atoms with E-state index in [2.05, 4.69) is 26.0 Å². The van der Waals surface area contributed by atoms with Crippen molar-refractivity contribution in [3.63, 3.8) is 0 Å². The number of allylic oxidation sites excluding steroid dienone is 2. The second-order valence-electron chi connectivity index (χ2n) is 16.1. The lowest BCUT2D eigenvalue weighted by Gasteiger charge is -2.24. The standard InChI is InChI=1S/C43H84NO8P/c1-6-8-10-12-14-16-18-19-20-21-22-23-24-25-26-28-29-31-33-35-42(45)49-39-41(40-51-53(47,48)50-38-37-44(3,4)5)52-43(46)36-34-32-30-27-17-15-13-11-9-7-2/h19-20,41H,6-18,21-40H2,1-5H3/p+1/b20-19+/t41-/m0/s1. The second-order valence-corrected chi connectivity index (χ2v) is 17.5. The normalized spacial score (nSPS) is 13.7. The van der Waals surface area contributed by atoms with Crippen LogP contribution < -0.4 is 0 Å². The highest BCUT2D eigenvalue weighted by molar-refractivity contribution is 7.47. The van der Waals surface area contributed by atoms with E-state index in [1.54, 1.807) is 0 Å². The second kappa shape index (κ2) is 36.4. The lowest BCUT2D eigenvalue weighted by Crippen LogP contribution is -2.37. The summed E-state index contributed by atoms with van der Waals surface area (Å²) < 4.78 is 34.2. The van der Waals surface area contributed by atoms with Gasteiger partial charge < -0.3 is 18.9 Å². The lowest BCUT2D eigenvalue weighted by atomic mass is 10.1. The predicted octanol–water partition coefficient (Wildman–Crippen LogP) is 12.2. The third kappa shape index (κ3) is 40.2. The Hall–Kier alpha value is -1.25. The van der Waals surface area contributed by atoms with Gasteiger partial charge in [-0.1, -0.05) is 161 Å². The lowest BCUT2D eigenvalue weighted by molar-refractivity contribution is -0.870. The van der Waals surface area contributed by atoms with Gasteiger partial charge in [0.2, 0.25) is 0 Å². The van der Waals surface area contributed by atoms with Crippen molar-refractivity contribution < 1.29 is 42.1 Å². The van der Waals surface area contributed by atoms with Gasteiger partial charge in [0.1, 0.15) is 19.8 Å². The minimum absolute atomic E-state index is 0.0344. The molecule has 0 saturated carbocycles. The van der Waals surface area contributed by atoms with E-state index in [9.17, 15) is 19.0 Å². The van der Waals surface area contributed by atoms with E-state index in [0.29, 0.717) is 23.9 Å². The van der Waals surface area contributed by atoms with E-state index in [0.717, 1.165) is 32.1 Å². The highest BCUT2D eigenvalue weighted by Gasteiger charge is 2.27. The number of nitrogens with zero attached hydrogens (tertiary/aromatic N) is 1. The molecule has 0 radical (unpaired) electrons. The molecule has 0 aromatic heterocycles. The molecule has 0 aliphatic heterocycles. The fourth-order valence-electron chi connectivity index (χ4n) is 6.07. The molecule has 0 aromatic carbocycles. The summed E-state index contributed by atoms with van der Waals surface area (Å²) in [6.45, 7) is 4.42. The van der Waals surface area contributed by atoms with Crippen LogP contribution in [0.4, 0.5) is 0 Å². The molecule has 0 spiro atoms. The molecule has 314 valence electrons. The van der Waals surface area contributed by atoms with Crippen LogP contribution in [0.5, 0.6) is 0 Å². The first-order chi connectivity index (χ1) is 25.5. The molecule has 0 aliphatic carbocycles. The first-order valence-electron chi connectivity index (χ1n) is 21.9. The summed E-state index contributed by atoms with van der Waals surface area (Å²) in [7, 11) is 1.48. The van der Waals surface area contributed by atoms with Gasteiger partial charge in [-0.3, -0.25) is 18.6 Å². The first kappa shape index (κ1) is 51.8. The highest BCUT2D eigenvalue weighted by atomic mass is 31.2. The predicted molar refractivity (Wildman–Crippen MR) is 220 cm³/mol. The average Bonchev–Trinajstić information content (AvgIpc) is 3.10. The van der Waals surface area contributed by atoms with Gasteiger partial charge in [-0.2, -0.15) is 0 Å². The van der Waals surface area contributed by atoms with Crippen LogP contribution in [-0.2, 0) is 32.7 Å². The van der Waals surface area contributed by atoms with E-state index < -0.39 is 26.5 Å². The van der Waals surface area contributed by atoms with Gasteiger partial charge in [0.05, 0.1) is 27.7 Å². The van der Waals surface area contributed by atoms with Crippen LogP contribution in [-0.4, -0.2) is 74.9 Å². The fourth-order valence-corrected chi connectivity index (χ4v) is 6.81. The van der Waals surface area contributed by atoms with Gasteiger partial charge in [-0.05, 0) is 38.5 Å². The van der Waals surface area contributed by atoms with Gasteiger partial charge in [-0.25, -0.2) is 4.57 Å². The molecule has 0 saturated heterocycles. The molecule has 0 rings (SSSR count). The Morgan fingerprint density at radius 3 is 1.40 bits per heavy atom. The Morgan fingerprint density at radius 1 is 0.566 bits per heavy atom. The Balaban J connectivity index is 4.25. The molecule has 0 aliphatic rings. The number of unbranched alkanes of at least 4 members (excludes halogenated alkanes) is 24. The molecular weight excluding hydrogens is 689 g/mol. The SMILES string of the molecule is CCCCCCCC/C=C/CCCCCCCCCCCC(=O)OC[C@@H](COP(=O)(O)OCC[N+](C)(C)C)OC(=O)CCCCCCCCCCCC. The van der Waals surface area contributed by atoms with Crippen LogP contribution in [0.1, 0.15) is 200 Å². The minimum Gasteiger partial charge on any atom is -0.462 e. The summed E-state index contributed by atoms with van der Waals surface area (Å²) in [5, 5.41) is 0. The van der Waals surface area contributed by atoms with E-state index in [4.69, 9.17) is 18.5 Å². The number of likely N-dealkylation sites (N-methyl/N-ethyl adjacent to an activating group) is 1. The zero-order chi connectivity index (χ0) is 39.3. The van der Waals surface area contributed by atoms with E-state index >= 15 is 0 Å². The van der Waals surface area contributed by atoms with Crippen LogP contribution >= 0.6 is 7.82 Å². The average molecular weight is 775 g/mol. The van der Waals surface area contributed by atoms with Crippen LogP contribution in [0.3, 0.4) is 0 Å². The van der Waals surface area contributed by atoms with Crippen molar-refractivity contribution in [1.82, 2.24) is 0 Å². The molecule has 0 bridgehead atoms. The minimum atomic E-state index is -4.36. The Bertz CT molecular complexity index is 922. The maximum atomic E-state index is 12.6. The van der Waals surface area contributed by atoms with Crippen LogP contribution in [0, 0.1) is 0 Å². The molecule has 2 atom stereocenters. The van der Waals surface area contributed by atoms with Gasteiger partial charge in [0.25, 0.3) is 0 Å². The summed E-state index contributed by atoms with van der Waals surface area (Å²) in [5.41, 5.74) is 0. The molecule has 0 heterocycles. The number of phosphoric acid groups is 1. The number of rotatable bonds is 40. The summed E-state index contributed by atoms with van der Waals surface area (Å²) >= 11 is 0. The third-order valence-electron chi connectivity index (χ3n) is 9.55. The van der Waals surface area contributed by atoms with Gasteiger partial charge in [0, 0.05) is 12.8 Å². The zero-order valence-corrected chi connectivity index (χ0v) is 36.2. The molecule has 0 fully saturated rings. The van der Waals surface area contributed by atoms with Crippen molar-refractivity contribution in [1.29, 1.82) is 0 Å². The number of esters is 2. The topological polar surface area (TPSA) is 108 Å². The first-order valence-corrected chi connectivity index (χ1v) is 23.4. The monoisotopic (exact) mass is 775 g/mol. The van der Waals surface area contributed by atoms with Crippen molar-refractivity contribution in [2.24, 2.45) is 0 Å². The van der Waals surface area contributed by atoms with Gasteiger partial charge in [-0.15, -0.1) is 0 Å². The fraction of sp³-hybridized carbons (Fsp3) is 0.907. The number of phosphoric ester groups is 1. The number of hydrogen-bond donors (Lipinski definition) is 1. The van der Waals surface area contributed by atoms with Gasteiger partial charge >= 0.3 is 19.8 Å². The largest absolute Gasteiger partial charge is 0.472 e.